The maximum atomic E-state index is 10.3. The zero-order valence-corrected chi connectivity index (χ0v) is 6.01. The molecular weight excluding hydrogens is 163 g/mol. The van der Waals surface area contributed by atoms with Gasteiger partial charge in [0.25, 0.3) is 0 Å². The molecule has 0 aromatic rings. The quantitative estimate of drug-likeness (QED) is 0.382. The van der Waals surface area contributed by atoms with E-state index in [-0.39, 0.29) is 44.7 Å². The van der Waals surface area contributed by atoms with Crippen molar-refractivity contribution in [3.05, 3.63) is 0 Å². The summed E-state index contributed by atoms with van der Waals surface area (Å²) < 4.78 is 12.6. The Balaban J connectivity index is -0.000000125. The van der Waals surface area contributed by atoms with Crippen LogP contribution in [-0.4, -0.2) is 42.3 Å². The van der Waals surface area contributed by atoms with Gasteiger partial charge in [-0.15, -0.1) is 0 Å². The second-order valence-electron chi connectivity index (χ2n) is 0.651. The molecule has 4 nitrogen and oxygen atoms in total. The molecule has 0 saturated carbocycles. The Morgan fingerprint density at radius 2 is 1.38 bits per heavy atom. The van der Waals surface area contributed by atoms with Gasteiger partial charge in [0.15, 0.2) is 0 Å². The first-order valence-electron chi connectivity index (χ1n) is 1.03. The van der Waals surface area contributed by atoms with Gasteiger partial charge in [0.2, 0.25) is 0 Å². The third-order valence-electron chi connectivity index (χ3n) is 0.104. The average Bonchev–Trinajstić information content (AvgIpc) is 1.35. The van der Waals surface area contributed by atoms with Crippen LogP contribution in [0.15, 0.2) is 0 Å². The molecule has 0 amide bonds. The Labute approximate surface area is 77.0 Å². The summed E-state index contributed by atoms with van der Waals surface area (Å²) in [6.07, 6.45) is 0. The van der Waals surface area contributed by atoms with Gasteiger partial charge in [-0.3, -0.25) is 0 Å². The predicted molar refractivity (Wildman–Crippen MR) is 21.8 cm³/mol. The van der Waals surface area contributed by atoms with Crippen LogP contribution in [0.5, 0.6) is 0 Å². The van der Waals surface area contributed by atoms with Crippen molar-refractivity contribution in [2.45, 2.75) is 0 Å². The molecule has 0 atom stereocenters. The molecular formula is H4FLiO4ScSi. The maximum Gasteiger partial charge on any atom is 0 e. The van der Waals surface area contributed by atoms with Crippen LogP contribution in [0.25, 0.3) is 0 Å². The van der Waals surface area contributed by atoms with Crippen LogP contribution in [-0.2, 0) is 30.5 Å². The van der Waals surface area contributed by atoms with Crippen molar-refractivity contribution in [2.24, 2.45) is 0 Å². The average molecular weight is 167 g/mol. The standard InChI is InChI=1S/FH3O4Si.Li.Sc.H/c1-5-6(2,3)4;;;/h2-4H;;;. The summed E-state index contributed by atoms with van der Waals surface area (Å²) in [6, 6.07) is 0. The van der Waals surface area contributed by atoms with Crippen molar-refractivity contribution in [3.8, 4) is 0 Å². The monoisotopic (exact) mass is 167 g/mol. The topological polar surface area (TPSA) is 69.9 Å². The van der Waals surface area contributed by atoms with E-state index in [1.807, 2.05) is 0 Å². The summed E-state index contributed by atoms with van der Waals surface area (Å²) in [5.41, 5.74) is 0. The van der Waals surface area contributed by atoms with E-state index in [1.165, 1.54) is 0 Å². The van der Waals surface area contributed by atoms with Crippen LogP contribution in [0.2, 0.25) is 0 Å². The van der Waals surface area contributed by atoms with Crippen molar-refractivity contribution in [2.75, 3.05) is 0 Å². The van der Waals surface area contributed by atoms with E-state index in [0.29, 0.717) is 0 Å². The van der Waals surface area contributed by atoms with Gasteiger partial charge in [0, 0.05) is 25.8 Å². The number of rotatable bonds is 1. The van der Waals surface area contributed by atoms with E-state index < -0.39 is 9.05 Å². The van der Waals surface area contributed by atoms with E-state index in [2.05, 4.69) is 4.63 Å². The van der Waals surface area contributed by atoms with Crippen molar-refractivity contribution < 1.29 is 49.4 Å². The van der Waals surface area contributed by atoms with E-state index >= 15 is 0 Å². The fourth-order valence-corrected chi connectivity index (χ4v) is 0. The van der Waals surface area contributed by atoms with Gasteiger partial charge in [0.1, 0.15) is 0 Å². The molecule has 0 rings (SSSR count). The second kappa shape index (κ2) is 6.57. The zero-order chi connectivity index (χ0) is 5.21. The largest absolute Gasteiger partial charge is 0 e. The van der Waals surface area contributed by atoms with Gasteiger partial charge < -0.3 is 14.4 Å². The van der Waals surface area contributed by atoms with Gasteiger partial charge >= 0.3 is 27.9 Å². The van der Waals surface area contributed by atoms with Crippen molar-refractivity contribution in [1.29, 1.82) is 0 Å². The molecule has 0 heterocycles. The van der Waals surface area contributed by atoms with Crippen LogP contribution < -0.4 is 0 Å². The van der Waals surface area contributed by atoms with E-state index in [9.17, 15) is 4.53 Å². The third-order valence-corrected chi connectivity index (χ3v) is 0.311. The van der Waals surface area contributed by atoms with Gasteiger partial charge in [-0.05, 0) is 0 Å². The molecule has 3 N–H and O–H groups in total. The molecule has 0 bridgehead atoms. The molecule has 0 aliphatic heterocycles. The Morgan fingerprint density at radius 1 is 1.25 bits per heavy atom. The first-order chi connectivity index (χ1) is 2.56. The first kappa shape index (κ1) is 16.2. The smallest absolute Gasteiger partial charge is 0 e. The molecule has 0 saturated heterocycles. The minimum absolute atomic E-state index is 0. The first-order valence-corrected chi connectivity index (χ1v) is 2.78. The molecule has 0 aliphatic carbocycles. The fourth-order valence-electron chi connectivity index (χ4n) is 0. The van der Waals surface area contributed by atoms with Gasteiger partial charge in [0.05, 0.1) is 0 Å². The Kier molecular flexibility index (Phi) is 13.3. The molecule has 8 heteroatoms. The predicted octanol–water partition coefficient (Wildman–Crippen LogP) is -2.35. The van der Waals surface area contributed by atoms with Crippen LogP contribution in [0.4, 0.5) is 4.53 Å². The van der Waals surface area contributed by atoms with Gasteiger partial charge in [-0.25, -0.2) is 0 Å². The zero-order valence-electron chi connectivity index (χ0n) is 3.21. The minimum Gasteiger partial charge on any atom is 0 e. The Morgan fingerprint density at radius 3 is 1.38 bits per heavy atom. The van der Waals surface area contributed by atoms with Crippen molar-refractivity contribution >= 4 is 27.9 Å². The normalized spacial score (nSPS) is 9.00. The number of hydrogen-bond acceptors (Lipinski definition) is 4. The second-order valence-corrected chi connectivity index (χ2v) is 1.95. The molecule has 0 fully saturated rings. The van der Waals surface area contributed by atoms with Crippen LogP contribution in [0.3, 0.4) is 0 Å². The summed E-state index contributed by atoms with van der Waals surface area (Å²) in [7, 11) is -4.80. The van der Waals surface area contributed by atoms with Crippen molar-refractivity contribution in [3.63, 3.8) is 0 Å². The molecule has 8 heavy (non-hydrogen) atoms. The molecule has 0 aliphatic rings. The minimum atomic E-state index is -4.80. The van der Waals surface area contributed by atoms with Crippen LogP contribution >= 0.6 is 0 Å². The van der Waals surface area contributed by atoms with E-state index in [0.717, 1.165) is 0 Å². The molecule has 0 unspecified atom stereocenters. The Hall–Kier alpha value is 1.45. The number of halogens is 1. The maximum absolute atomic E-state index is 10.3. The van der Waals surface area contributed by atoms with Crippen LogP contribution in [0, 0.1) is 0 Å². The Bertz CT molecular complexity index is 45.8. The fraction of sp³-hybridized carbons (Fsp3) is 0. The summed E-state index contributed by atoms with van der Waals surface area (Å²) in [5, 5.41) is 0. The molecule has 0 aromatic heterocycles. The van der Waals surface area contributed by atoms with Crippen molar-refractivity contribution in [1.82, 2.24) is 0 Å². The van der Waals surface area contributed by atoms with E-state index in [4.69, 9.17) is 14.4 Å². The summed E-state index contributed by atoms with van der Waals surface area (Å²) in [4.78, 5) is 22.4. The van der Waals surface area contributed by atoms with Crippen LogP contribution in [0.1, 0.15) is 0 Å². The van der Waals surface area contributed by atoms with Gasteiger partial charge in [-0.2, -0.15) is 4.63 Å². The molecule has 43 valence electrons. The van der Waals surface area contributed by atoms with E-state index in [1.54, 1.807) is 0 Å². The summed E-state index contributed by atoms with van der Waals surface area (Å²) in [5.74, 6) is 0. The third kappa shape index (κ3) is 15.7. The number of hydrogen-bond donors (Lipinski definition) is 3. The summed E-state index contributed by atoms with van der Waals surface area (Å²) in [6.45, 7) is 0. The summed E-state index contributed by atoms with van der Waals surface area (Å²) >= 11 is 0. The molecule has 0 spiro atoms. The molecule has 1 radical (unpaired) electrons. The SMILES string of the molecule is O[Si](O)(O)OF.[LiH].[Sc]. The molecule has 0 aromatic carbocycles. The van der Waals surface area contributed by atoms with Gasteiger partial charge in [-0.1, -0.05) is 4.53 Å².